The van der Waals surface area contributed by atoms with Crippen molar-refractivity contribution >= 4 is 33.4 Å². The molecule has 1 saturated carbocycles. The zero-order valence-electron chi connectivity index (χ0n) is 14.4. The molecule has 0 bridgehead atoms. The maximum atomic E-state index is 13.0. The highest BCUT2D eigenvalue weighted by Gasteiger charge is 2.34. The molecule has 0 saturated heterocycles. The van der Waals surface area contributed by atoms with Crippen LogP contribution in [0.5, 0.6) is 11.5 Å². The van der Waals surface area contributed by atoms with E-state index < -0.39 is 6.61 Å². The van der Waals surface area contributed by atoms with E-state index >= 15 is 0 Å². The smallest absolute Gasteiger partial charge is 0.387 e. The fourth-order valence-electron chi connectivity index (χ4n) is 2.77. The van der Waals surface area contributed by atoms with Crippen LogP contribution in [0.15, 0.2) is 40.9 Å². The molecule has 1 amide bonds. The van der Waals surface area contributed by atoms with Crippen LogP contribution in [-0.2, 0) is 6.54 Å². The fourth-order valence-corrected chi connectivity index (χ4v) is 3.33. The van der Waals surface area contributed by atoms with E-state index in [-0.39, 0.29) is 23.4 Å². The molecule has 0 unspecified atom stereocenters. The lowest BCUT2D eigenvalue weighted by Crippen LogP contribution is -2.32. The molecular formula is C19H17BrClF2NO3. The minimum absolute atomic E-state index is 0.0458. The maximum Gasteiger partial charge on any atom is 0.387 e. The molecule has 8 heteroatoms. The molecule has 0 aromatic heterocycles. The predicted octanol–water partition coefficient (Wildman–Crippen LogP) is 5.52. The third-order valence-corrected chi connectivity index (χ3v) is 5.03. The van der Waals surface area contributed by atoms with Crippen molar-refractivity contribution in [1.29, 1.82) is 0 Å². The SMILES string of the molecule is COc1cc(CN(C(=O)c2cc(Br)ccc2Cl)C2CC2)ccc1OC(F)F. The average molecular weight is 461 g/mol. The zero-order valence-corrected chi connectivity index (χ0v) is 16.8. The Kier molecular flexibility index (Phi) is 6.22. The fraction of sp³-hybridized carbons (Fsp3) is 0.316. The van der Waals surface area contributed by atoms with E-state index in [0.717, 1.165) is 22.9 Å². The van der Waals surface area contributed by atoms with E-state index in [9.17, 15) is 13.6 Å². The Hall–Kier alpha value is -1.86. The van der Waals surface area contributed by atoms with Gasteiger partial charge in [0.25, 0.3) is 5.91 Å². The Morgan fingerprint density at radius 2 is 2.00 bits per heavy atom. The van der Waals surface area contributed by atoms with Crippen molar-refractivity contribution in [2.75, 3.05) is 7.11 Å². The van der Waals surface area contributed by atoms with Gasteiger partial charge in [0.05, 0.1) is 17.7 Å². The Labute approximate surface area is 169 Å². The van der Waals surface area contributed by atoms with Crippen molar-refractivity contribution in [2.24, 2.45) is 0 Å². The van der Waals surface area contributed by atoms with Crippen molar-refractivity contribution < 1.29 is 23.0 Å². The van der Waals surface area contributed by atoms with Gasteiger partial charge in [0.1, 0.15) is 0 Å². The lowest BCUT2D eigenvalue weighted by atomic mass is 10.1. The molecule has 2 aromatic carbocycles. The number of methoxy groups -OCH3 is 1. The van der Waals surface area contributed by atoms with Gasteiger partial charge in [-0.25, -0.2) is 0 Å². The second-order valence-electron chi connectivity index (χ2n) is 6.15. The van der Waals surface area contributed by atoms with Crippen LogP contribution < -0.4 is 9.47 Å². The molecule has 0 spiro atoms. The highest BCUT2D eigenvalue weighted by Crippen LogP contribution is 2.34. The topological polar surface area (TPSA) is 38.8 Å². The van der Waals surface area contributed by atoms with Gasteiger partial charge in [-0.15, -0.1) is 0 Å². The largest absolute Gasteiger partial charge is 0.493 e. The van der Waals surface area contributed by atoms with Gasteiger partial charge in [0.2, 0.25) is 0 Å². The number of nitrogens with zero attached hydrogens (tertiary/aromatic N) is 1. The number of alkyl halides is 2. The van der Waals surface area contributed by atoms with Crippen LogP contribution in [0.25, 0.3) is 0 Å². The first-order valence-corrected chi connectivity index (χ1v) is 9.44. The number of hydrogen-bond donors (Lipinski definition) is 0. The third-order valence-electron chi connectivity index (χ3n) is 4.20. The maximum absolute atomic E-state index is 13.0. The lowest BCUT2D eigenvalue weighted by molar-refractivity contribution is -0.0512. The molecule has 4 nitrogen and oxygen atoms in total. The molecule has 0 radical (unpaired) electrons. The van der Waals surface area contributed by atoms with Crippen molar-refractivity contribution in [2.45, 2.75) is 32.0 Å². The molecule has 1 aliphatic rings. The predicted molar refractivity (Wildman–Crippen MR) is 102 cm³/mol. The molecule has 1 fully saturated rings. The molecule has 0 atom stereocenters. The highest BCUT2D eigenvalue weighted by molar-refractivity contribution is 9.10. The van der Waals surface area contributed by atoms with Crippen LogP contribution in [0.2, 0.25) is 5.02 Å². The summed E-state index contributed by atoms with van der Waals surface area (Å²) < 4.78 is 35.3. The summed E-state index contributed by atoms with van der Waals surface area (Å²) in [4.78, 5) is 14.8. The van der Waals surface area contributed by atoms with Crippen LogP contribution in [0.4, 0.5) is 8.78 Å². The van der Waals surface area contributed by atoms with Crippen molar-refractivity contribution in [3.8, 4) is 11.5 Å². The van der Waals surface area contributed by atoms with Gasteiger partial charge >= 0.3 is 6.61 Å². The average Bonchev–Trinajstić information content (AvgIpc) is 3.46. The molecule has 27 heavy (non-hydrogen) atoms. The summed E-state index contributed by atoms with van der Waals surface area (Å²) in [5, 5.41) is 0.382. The van der Waals surface area contributed by atoms with Crippen molar-refractivity contribution in [3.63, 3.8) is 0 Å². The van der Waals surface area contributed by atoms with Gasteiger partial charge in [-0.1, -0.05) is 33.6 Å². The normalized spacial score (nSPS) is 13.6. The number of carbonyl (C=O) groups excluding carboxylic acids is 1. The first-order chi connectivity index (χ1) is 12.9. The Morgan fingerprint density at radius 1 is 1.26 bits per heavy atom. The molecule has 2 aromatic rings. The van der Waals surface area contributed by atoms with Gasteiger partial charge in [-0.05, 0) is 48.7 Å². The van der Waals surface area contributed by atoms with Crippen molar-refractivity contribution in [3.05, 3.63) is 57.0 Å². The summed E-state index contributed by atoms with van der Waals surface area (Å²) in [6.07, 6.45) is 1.84. The number of benzene rings is 2. The van der Waals surface area contributed by atoms with Crippen LogP contribution in [0.3, 0.4) is 0 Å². The standard InChI is InChI=1S/C19H17BrClF2NO3/c1-26-17-8-11(2-7-16(17)27-19(22)23)10-24(13-4-5-13)18(25)14-9-12(20)3-6-15(14)21/h2-3,6-9,13,19H,4-5,10H2,1H3. The minimum atomic E-state index is -2.94. The summed E-state index contributed by atoms with van der Waals surface area (Å²) in [6, 6.07) is 9.93. The third kappa shape index (κ3) is 4.90. The molecule has 0 aliphatic heterocycles. The number of ether oxygens (including phenoxy) is 2. The number of rotatable bonds is 7. The van der Waals surface area contributed by atoms with E-state index in [1.165, 1.54) is 13.2 Å². The van der Waals surface area contributed by atoms with E-state index in [2.05, 4.69) is 20.7 Å². The van der Waals surface area contributed by atoms with Gasteiger partial charge < -0.3 is 14.4 Å². The quantitative estimate of drug-likeness (QED) is 0.546. The minimum Gasteiger partial charge on any atom is -0.493 e. The highest BCUT2D eigenvalue weighted by atomic mass is 79.9. The zero-order chi connectivity index (χ0) is 19.6. The molecule has 0 N–H and O–H groups in total. The first-order valence-electron chi connectivity index (χ1n) is 8.26. The first kappa shape index (κ1) is 19.9. The van der Waals surface area contributed by atoms with Gasteiger partial charge in [0, 0.05) is 17.1 Å². The summed E-state index contributed by atoms with van der Waals surface area (Å²) in [7, 11) is 1.38. The molecule has 3 rings (SSSR count). The van der Waals surface area contributed by atoms with Gasteiger partial charge in [-0.3, -0.25) is 4.79 Å². The Balaban J connectivity index is 1.85. The summed E-state index contributed by atoms with van der Waals surface area (Å²) in [6.45, 7) is -2.62. The second kappa shape index (κ2) is 8.44. The Bertz CT molecular complexity index is 846. The second-order valence-corrected chi connectivity index (χ2v) is 7.47. The van der Waals surface area contributed by atoms with Crippen molar-refractivity contribution in [1.82, 2.24) is 4.90 Å². The van der Waals surface area contributed by atoms with Crippen LogP contribution >= 0.6 is 27.5 Å². The van der Waals surface area contributed by atoms with E-state index in [1.54, 1.807) is 35.2 Å². The van der Waals surface area contributed by atoms with Crippen LogP contribution in [0.1, 0.15) is 28.8 Å². The molecular weight excluding hydrogens is 444 g/mol. The van der Waals surface area contributed by atoms with E-state index in [4.69, 9.17) is 16.3 Å². The monoisotopic (exact) mass is 459 g/mol. The number of hydrogen-bond acceptors (Lipinski definition) is 3. The van der Waals surface area contributed by atoms with E-state index in [0.29, 0.717) is 17.1 Å². The summed E-state index contributed by atoms with van der Waals surface area (Å²) in [5.74, 6) is -0.0252. The number of halogens is 4. The molecule has 0 heterocycles. The number of amides is 1. The van der Waals surface area contributed by atoms with Gasteiger partial charge in [-0.2, -0.15) is 8.78 Å². The summed E-state index contributed by atoms with van der Waals surface area (Å²) >= 11 is 9.56. The van der Waals surface area contributed by atoms with E-state index in [1.807, 2.05) is 0 Å². The molecule has 1 aliphatic carbocycles. The molecule has 144 valence electrons. The summed E-state index contributed by atoms with van der Waals surface area (Å²) in [5.41, 5.74) is 1.17. The lowest BCUT2D eigenvalue weighted by Gasteiger charge is -2.24. The van der Waals surface area contributed by atoms with Crippen LogP contribution in [-0.4, -0.2) is 30.6 Å². The van der Waals surface area contributed by atoms with Gasteiger partial charge in [0.15, 0.2) is 11.5 Å². The number of carbonyl (C=O) groups is 1. The van der Waals surface area contributed by atoms with Crippen LogP contribution in [0, 0.1) is 0 Å². The Morgan fingerprint density at radius 3 is 2.63 bits per heavy atom.